The summed E-state index contributed by atoms with van der Waals surface area (Å²) in [5.74, 6) is -0.0776. The van der Waals surface area contributed by atoms with Gasteiger partial charge in [-0.15, -0.1) is 0 Å². The number of para-hydroxylation sites is 2. The number of benzene rings is 2. The van der Waals surface area contributed by atoms with E-state index in [4.69, 9.17) is 0 Å². The summed E-state index contributed by atoms with van der Waals surface area (Å²) in [5, 5.41) is 4.06. The summed E-state index contributed by atoms with van der Waals surface area (Å²) < 4.78 is 2.09. The first-order valence-corrected chi connectivity index (χ1v) is 7.74. The van der Waals surface area contributed by atoms with E-state index in [1.165, 1.54) is 0 Å². The zero-order valence-electron chi connectivity index (χ0n) is 13.5. The van der Waals surface area contributed by atoms with E-state index in [2.05, 4.69) is 20.9 Å². The summed E-state index contributed by atoms with van der Waals surface area (Å²) in [6.45, 7) is 1.66. The van der Waals surface area contributed by atoms with Gasteiger partial charge in [-0.3, -0.25) is 4.79 Å². The normalized spacial score (nSPS) is 11.1. The number of nitrogens with zero attached hydrogens (tertiary/aromatic N) is 2. The number of amides is 1. The van der Waals surface area contributed by atoms with E-state index in [9.17, 15) is 4.79 Å². The van der Waals surface area contributed by atoms with Gasteiger partial charge in [0.05, 0.1) is 0 Å². The van der Waals surface area contributed by atoms with Crippen LogP contribution in [0.4, 0.5) is 5.69 Å². The summed E-state index contributed by atoms with van der Waals surface area (Å²) in [6, 6.07) is 19.6. The van der Waals surface area contributed by atoms with Crippen LogP contribution in [0.25, 0.3) is 10.9 Å². The smallest absolute Gasteiger partial charge is 0.272 e. The van der Waals surface area contributed by atoms with Crippen LogP contribution < -0.4 is 5.32 Å². The Morgan fingerprint density at radius 1 is 1.04 bits per heavy atom. The molecule has 0 spiro atoms. The molecule has 0 saturated heterocycles. The molecule has 1 amide bonds. The number of carbonyl (C=O) groups is 1. The molecule has 2 aromatic carbocycles. The summed E-state index contributed by atoms with van der Waals surface area (Å²) in [5.41, 5.74) is 2.59. The first-order chi connectivity index (χ1) is 11.1. The van der Waals surface area contributed by atoms with Gasteiger partial charge in [0.15, 0.2) is 0 Å². The molecule has 0 atom stereocenters. The predicted molar refractivity (Wildman–Crippen MR) is 94.9 cm³/mol. The first kappa shape index (κ1) is 15.3. The van der Waals surface area contributed by atoms with E-state index in [1.807, 2.05) is 68.7 Å². The van der Waals surface area contributed by atoms with Gasteiger partial charge in [-0.2, -0.15) is 0 Å². The van der Waals surface area contributed by atoms with Crippen LogP contribution >= 0.6 is 0 Å². The Balaban J connectivity index is 1.95. The number of anilines is 1. The molecule has 3 rings (SSSR count). The van der Waals surface area contributed by atoms with Gasteiger partial charge in [0.2, 0.25) is 0 Å². The summed E-state index contributed by atoms with van der Waals surface area (Å²) in [7, 11) is 4.07. The molecule has 0 fully saturated rings. The van der Waals surface area contributed by atoms with E-state index < -0.39 is 0 Å². The van der Waals surface area contributed by atoms with E-state index in [0.717, 1.165) is 29.7 Å². The van der Waals surface area contributed by atoms with Crippen molar-refractivity contribution >= 4 is 22.5 Å². The SMILES string of the molecule is CN(C)CCn1c(C(=O)Nc2ccccc2)cc2ccccc21. The molecule has 0 aliphatic heterocycles. The summed E-state index contributed by atoms with van der Waals surface area (Å²) in [6.07, 6.45) is 0. The number of nitrogens with one attached hydrogen (secondary N) is 1. The zero-order chi connectivity index (χ0) is 16.2. The van der Waals surface area contributed by atoms with Crippen molar-refractivity contribution < 1.29 is 4.79 Å². The summed E-state index contributed by atoms with van der Waals surface area (Å²) in [4.78, 5) is 14.8. The molecule has 3 aromatic rings. The molecule has 1 aromatic heterocycles. The molecule has 0 unspecified atom stereocenters. The van der Waals surface area contributed by atoms with Crippen molar-refractivity contribution in [2.75, 3.05) is 26.0 Å². The molecule has 0 aliphatic rings. The lowest BCUT2D eigenvalue weighted by molar-refractivity contribution is 0.101. The Hall–Kier alpha value is -2.59. The largest absolute Gasteiger partial charge is 0.335 e. The van der Waals surface area contributed by atoms with Gasteiger partial charge in [0.1, 0.15) is 5.69 Å². The quantitative estimate of drug-likeness (QED) is 0.784. The highest BCUT2D eigenvalue weighted by molar-refractivity contribution is 6.06. The number of likely N-dealkylation sites (N-methyl/N-ethyl adjacent to an activating group) is 1. The molecule has 1 N–H and O–H groups in total. The van der Waals surface area contributed by atoms with Gasteiger partial charge in [0, 0.05) is 29.7 Å². The van der Waals surface area contributed by atoms with Crippen molar-refractivity contribution in [1.29, 1.82) is 0 Å². The predicted octanol–water partition coefficient (Wildman–Crippen LogP) is 3.46. The fourth-order valence-corrected chi connectivity index (χ4v) is 2.66. The Morgan fingerprint density at radius 2 is 1.74 bits per heavy atom. The van der Waals surface area contributed by atoms with E-state index >= 15 is 0 Å². The molecular formula is C19H21N3O. The number of hydrogen-bond acceptors (Lipinski definition) is 2. The van der Waals surface area contributed by atoms with Crippen molar-refractivity contribution in [1.82, 2.24) is 9.47 Å². The highest BCUT2D eigenvalue weighted by atomic mass is 16.1. The second-order valence-corrected chi connectivity index (χ2v) is 5.86. The maximum absolute atomic E-state index is 12.7. The van der Waals surface area contributed by atoms with Crippen LogP contribution in [0.15, 0.2) is 60.7 Å². The monoisotopic (exact) mass is 307 g/mol. The van der Waals surface area contributed by atoms with Gasteiger partial charge in [-0.25, -0.2) is 0 Å². The number of carbonyl (C=O) groups excluding carboxylic acids is 1. The third-order valence-corrected chi connectivity index (χ3v) is 3.85. The van der Waals surface area contributed by atoms with Crippen LogP contribution in [-0.4, -0.2) is 36.0 Å². The van der Waals surface area contributed by atoms with Crippen molar-refractivity contribution in [3.63, 3.8) is 0 Å². The van der Waals surface area contributed by atoms with Crippen molar-refractivity contribution in [2.45, 2.75) is 6.54 Å². The van der Waals surface area contributed by atoms with Gasteiger partial charge in [-0.05, 0) is 38.4 Å². The molecule has 0 radical (unpaired) electrons. The van der Waals surface area contributed by atoms with Crippen molar-refractivity contribution in [3.05, 3.63) is 66.4 Å². The second kappa shape index (κ2) is 6.67. The molecule has 0 saturated carbocycles. The lowest BCUT2D eigenvalue weighted by Gasteiger charge is -2.14. The van der Waals surface area contributed by atoms with Gasteiger partial charge in [-0.1, -0.05) is 36.4 Å². The van der Waals surface area contributed by atoms with Gasteiger partial charge in [0.25, 0.3) is 5.91 Å². The van der Waals surface area contributed by atoms with E-state index in [0.29, 0.717) is 5.69 Å². The Morgan fingerprint density at radius 3 is 2.48 bits per heavy atom. The average molecular weight is 307 g/mol. The van der Waals surface area contributed by atoms with Crippen LogP contribution in [0.3, 0.4) is 0 Å². The fourth-order valence-electron chi connectivity index (χ4n) is 2.66. The standard InChI is InChI=1S/C19H21N3O/c1-21(2)12-13-22-17-11-7-6-8-15(17)14-18(22)19(23)20-16-9-4-3-5-10-16/h3-11,14H,12-13H2,1-2H3,(H,20,23). The third-order valence-electron chi connectivity index (χ3n) is 3.85. The minimum atomic E-state index is -0.0776. The molecule has 1 heterocycles. The number of aromatic nitrogens is 1. The zero-order valence-corrected chi connectivity index (χ0v) is 13.5. The fraction of sp³-hybridized carbons (Fsp3) is 0.211. The number of hydrogen-bond donors (Lipinski definition) is 1. The lowest BCUT2D eigenvalue weighted by Crippen LogP contribution is -2.22. The maximum Gasteiger partial charge on any atom is 0.272 e. The minimum Gasteiger partial charge on any atom is -0.335 e. The van der Waals surface area contributed by atoms with Crippen LogP contribution in [0.5, 0.6) is 0 Å². The summed E-state index contributed by atoms with van der Waals surface area (Å²) >= 11 is 0. The van der Waals surface area contributed by atoms with Crippen LogP contribution in [-0.2, 0) is 6.54 Å². The van der Waals surface area contributed by atoms with E-state index in [-0.39, 0.29) is 5.91 Å². The molecule has 4 heteroatoms. The number of rotatable bonds is 5. The first-order valence-electron chi connectivity index (χ1n) is 7.74. The van der Waals surface area contributed by atoms with Crippen LogP contribution in [0.2, 0.25) is 0 Å². The number of fused-ring (bicyclic) bond motifs is 1. The highest BCUT2D eigenvalue weighted by Gasteiger charge is 2.15. The molecular weight excluding hydrogens is 286 g/mol. The minimum absolute atomic E-state index is 0.0776. The average Bonchev–Trinajstić information content (AvgIpc) is 2.92. The van der Waals surface area contributed by atoms with Crippen LogP contribution in [0.1, 0.15) is 10.5 Å². The van der Waals surface area contributed by atoms with Gasteiger partial charge < -0.3 is 14.8 Å². The van der Waals surface area contributed by atoms with Crippen molar-refractivity contribution in [2.24, 2.45) is 0 Å². The molecule has 4 nitrogen and oxygen atoms in total. The Bertz CT molecular complexity index is 806. The van der Waals surface area contributed by atoms with Crippen LogP contribution in [0, 0.1) is 0 Å². The Labute approximate surface area is 136 Å². The highest BCUT2D eigenvalue weighted by Crippen LogP contribution is 2.21. The Kier molecular flexibility index (Phi) is 4.44. The molecule has 0 aliphatic carbocycles. The topological polar surface area (TPSA) is 37.3 Å². The second-order valence-electron chi connectivity index (χ2n) is 5.86. The molecule has 118 valence electrons. The maximum atomic E-state index is 12.7. The molecule has 23 heavy (non-hydrogen) atoms. The lowest BCUT2D eigenvalue weighted by atomic mass is 10.2. The third kappa shape index (κ3) is 3.43. The van der Waals surface area contributed by atoms with Crippen molar-refractivity contribution in [3.8, 4) is 0 Å². The van der Waals surface area contributed by atoms with Gasteiger partial charge >= 0.3 is 0 Å². The van der Waals surface area contributed by atoms with E-state index in [1.54, 1.807) is 0 Å². The molecule has 0 bridgehead atoms.